The number of aromatic nitrogens is 3. The molecule has 1 fully saturated rings. The van der Waals surface area contributed by atoms with E-state index >= 15 is 0 Å². The zero-order valence-electron chi connectivity index (χ0n) is 12.3. The number of hydrogen-bond acceptors (Lipinski definition) is 8. The van der Waals surface area contributed by atoms with E-state index in [9.17, 15) is 0 Å². The lowest BCUT2D eigenvalue weighted by molar-refractivity contribution is 0.248. The SMILES string of the molecule is CCOc1nc(NN)nc(N2CCC(N(C)C)CC2)n1. The molecule has 0 amide bonds. The molecule has 8 heteroatoms. The lowest BCUT2D eigenvalue weighted by atomic mass is 10.0. The van der Waals surface area contributed by atoms with Crippen LogP contribution in [0.3, 0.4) is 0 Å². The average Bonchev–Trinajstić information content (AvgIpc) is 2.47. The standard InChI is InChI=1S/C12H23N7O/c1-4-20-12-15-10(17-13)14-11(16-12)19-7-5-9(6-8-19)18(2)3/h9H,4-8,13H2,1-3H3,(H,14,15,16,17). The van der Waals surface area contributed by atoms with Crippen LogP contribution in [0.1, 0.15) is 19.8 Å². The van der Waals surface area contributed by atoms with E-state index < -0.39 is 0 Å². The Morgan fingerprint density at radius 3 is 2.55 bits per heavy atom. The highest BCUT2D eigenvalue weighted by atomic mass is 16.5. The number of ether oxygens (including phenoxy) is 1. The van der Waals surface area contributed by atoms with E-state index in [0.29, 0.717) is 30.6 Å². The van der Waals surface area contributed by atoms with Gasteiger partial charge in [-0.05, 0) is 33.9 Å². The van der Waals surface area contributed by atoms with Crippen LogP contribution in [0, 0.1) is 0 Å². The molecule has 0 saturated carbocycles. The van der Waals surface area contributed by atoms with Gasteiger partial charge in [-0.1, -0.05) is 0 Å². The summed E-state index contributed by atoms with van der Waals surface area (Å²) < 4.78 is 5.35. The smallest absolute Gasteiger partial charge is 0.323 e. The quantitative estimate of drug-likeness (QED) is 0.579. The van der Waals surface area contributed by atoms with Gasteiger partial charge in [0.25, 0.3) is 0 Å². The van der Waals surface area contributed by atoms with Gasteiger partial charge in [0.05, 0.1) is 6.61 Å². The summed E-state index contributed by atoms with van der Waals surface area (Å²) in [7, 11) is 4.24. The third-order valence-corrected chi connectivity index (χ3v) is 3.48. The molecular weight excluding hydrogens is 258 g/mol. The highest BCUT2D eigenvalue weighted by Crippen LogP contribution is 2.20. The van der Waals surface area contributed by atoms with Gasteiger partial charge in [-0.25, -0.2) is 5.84 Å². The Labute approximate surface area is 119 Å². The molecule has 112 valence electrons. The molecular formula is C12H23N7O. The number of nitrogens with zero attached hydrogens (tertiary/aromatic N) is 5. The van der Waals surface area contributed by atoms with Crippen molar-refractivity contribution in [3.63, 3.8) is 0 Å². The molecule has 1 aromatic rings. The second-order valence-corrected chi connectivity index (χ2v) is 5.00. The predicted molar refractivity (Wildman–Crippen MR) is 77.7 cm³/mol. The third-order valence-electron chi connectivity index (χ3n) is 3.48. The minimum absolute atomic E-state index is 0.306. The molecule has 0 atom stereocenters. The molecule has 0 spiro atoms. The summed E-state index contributed by atoms with van der Waals surface area (Å²) in [6.07, 6.45) is 2.18. The van der Waals surface area contributed by atoms with Crippen LogP contribution in [-0.4, -0.2) is 59.7 Å². The average molecular weight is 281 g/mol. The van der Waals surface area contributed by atoms with Crippen LogP contribution in [0.4, 0.5) is 11.9 Å². The minimum atomic E-state index is 0.306. The monoisotopic (exact) mass is 281 g/mol. The van der Waals surface area contributed by atoms with Crippen LogP contribution in [0.25, 0.3) is 0 Å². The first kappa shape index (κ1) is 14.7. The second kappa shape index (κ2) is 6.67. The van der Waals surface area contributed by atoms with Gasteiger partial charge in [0.15, 0.2) is 0 Å². The van der Waals surface area contributed by atoms with Crippen molar-refractivity contribution in [2.24, 2.45) is 5.84 Å². The Kier molecular flexibility index (Phi) is 4.91. The number of piperidine rings is 1. The van der Waals surface area contributed by atoms with Gasteiger partial charge in [0.1, 0.15) is 0 Å². The van der Waals surface area contributed by atoms with Crippen molar-refractivity contribution in [3.8, 4) is 6.01 Å². The summed E-state index contributed by atoms with van der Waals surface area (Å²) in [5.74, 6) is 6.34. The maximum Gasteiger partial charge on any atom is 0.323 e. The predicted octanol–water partition coefficient (Wildman–Crippen LogP) is 0.0863. The fourth-order valence-corrected chi connectivity index (χ4v) is 2.33. The Hall–Kier alpha value is -1.67. The van der Waals surface area contributed by atoms with Crippen LogP contribution in [0.2, 0.25) is 0 Å². The molecule has 2 rings (SSSR count). The number of nitrogens with one attached hydrogen (secondary N) is 1. The molecule has 1 aromatic heterocycles. The van der Waals surface area contributed by atoms with Crippen molar-refractivity contribution in [2.75, 3.05) is 44.1 Å². The highest BCUT2D eigenvalue weighted by molar-refractivity contribution is 5.38. The van der Waals surface area contributed by atoms with E-state index in [1.807, 2.05) is 6.92 Å². The molecule has 0 unspecified atom stereocenters. The van der Waals surface area contributed by atoms with Gasteiger partial charge in [0.2, 0.25) is 11.9 Å². The summed E-state index contributed by atoms with van der Waals surface area (Å²) in [6, 6.07) is 0.923. The van der Waals surface area contributed by atoms with E-state index in [0.717, 1.165) is 25.9 Å². The molecule has 3 N–H and O–H groups in total. The number of hydrogen-bond donors (Lipinski definition) is 2. The van der Waals surface area contributed by atoms with E-state index in [1.165, 1.54) is 0 Å². The van der Waals surface area contributed by atoms with Crippen LogP contribution in [0.5, 0.6) is 6.01 Å². The summed E-state index contributed by atoms with van der Waals surface area (Å²) >= 11 is 0. The molecule has 0 aliphatic carbocycles. The number of nitrogen functional groups attached to an aromatic ring is 1. The topological polar surface area (TPSA) is 92.4 Å². The molecule has 0 radical (unpaired) electrons. The van der Waals surface area contributed by atoms with Crippen molar-refractivity contribution in [1.82, 2.24) is 19.9 Å². The van der Waals surface area contributed by atoms with E-state index in [2.05, 4.69) is 44.3 Å². The Bertz CT molecular complexity index is 432. The number of nitrogens with two attached hydrogens (primary N) is 1. The molecule has 1 aliphatic rings. The summed E-state index contributed by atoms with van der Waals surface area (Å²) in [6.45, 7) is 4.24. The molecule has 0 bridgehead atoms. The zero-order chi connectivity index (χ0) is 14.5. The van der Waals surface area contributed by atoms with E-state index in [4.69, 9.17) is 10.6 Å². The number of hydrazine groups is 1. The fourth-order valence-electron chi connectivity index (χ4n) is 2.33. The van der Waals surface area contributed by atoms with Crippen LogP contribution >= 0.6 is 0 Å². The summed E-state index contributed by atoms with van der Waals surface area (Å²) in [5, 5.41) is 0. The van der Waals surface area contributed by atoms with Gasteiger partial charge in [-0.2, -0.15) is 15.0 Å². The van der Waals surface area contributed by atoms with Gasteiger partial charge in [0, 0.05) is 19.1 Å². The van der Waals surface area contributed by atoms with Gasteiger partial charge < -0.3 is 14.5 Å². The van der Waals surface area contributed by atoms with Gasteiger partial charge in [-0.15, -0.1) is 0 Å². The van der Waals surface area contributed by atoms with Crippen LogP contribution < -0.4 is 20.9 Å². The van der Waals surface area contributed by atoms with E-state index in [1.54, 1.807) is 0 Å². The zero-order valence-corrected chi connectivity index (χ0v) is 12.3. The van der Waals surface area contributed by atoms with Crippen molar-refractivity contribution >= 4 is 11.9 Å². The van der Waals surface area contributed by atoms with Crippen molar-refractivity contribution in [2.45, 2.75) is 25.8 Å². The van der Waals surface area contributed by atoms with Crippen molar-refractivity contribution in [3.05, 3.63) is 0 Å². The molecule has 8 nitrogen and oxygen atoms in total. The fraction of sp³-hybridized carbons (Fsp3) is 0.750. The minimum Gasteiger partial charge on any atom is -0.464 e. The lowest BCUT2D eigenvalue weighted by Gasteiger charge is -2.35. The Morgan fingerprint density at radius 2 is 2.00 bits per heavy atom. The molecule has 2 heterocycles. The van der Waals surface area contributed by atoms with Crippen LogP contribution in [0.15, 0.2) is 0 Å². The third kappa shape index (κ3) is 3.45. The second-order valence-electron chi connectivity index (χ2n) is 5.00. The van der Waals surface area contributed by atoms with Crippen LogP contribution in [-0.2, 0) is 0 Å². The number of rotatable bonds is 5. The first-order chi connectivity index (χ1) is 9.63. The molecule has 0 aromatic carbocycles. The van der Waals surface area contributed by atoms with Crippen molar-refractivity contribution < 1.29 is 4.74 Å². The maximum atomic E-state index is 5.39. The highest BCUT2D eigenvalue weighted by Gasteiger charge is 2.23. The first-order valence-corrected chi connectivity index (χ1v) is 6.91. The summed E-state index contributed by atoms with van der Waals surface area (Å²) in [5.41, 5.74) is 2.46. The molecule has 20 heavy (non-hydrogen) atoms. The molecule has 1 saturated heterocycles. The maximum absolute atomic E-state index is 5.39. The van der Waals surface area contributed by atoms with Gasteiger partial charge in [-0.3, -0.25) is 5.43 Å². The summed E-state index contributed by atoms with van der Waals surface area (Å²) in [4.78, 5) is 17.1. The van der Waals surface area contributed by atoms with Gasteiger partial charge >= 0.3 is 6.01 Å². The normalized spacial score (nSPS) is 16.6. The first-order valence-electron chi connectivity index (χ1n) is 6.91. The Balaban J connectivity index is 2.10. The molecule has 1 aliphatic heterocycles. The Morgan fingerprint density at radius 1 is 1.30 bits per heavy atom. The van der Waals surface area contributed by atoms with E-state index in [-0.39, 0.29) is 0 Å². The number of anilines is 2. The largest absolute Gasteiger partial charge is 0.464 e. The lowest BCUT2D eigenvalue weighted by Crippen LogP contribution is -2.42. The van der Waals surface area contributed by atoms with Crippen molar-refractivity contribution in [1.29, 1.82) is 0 Å².